The van der Waals surface area contributed by atoms with Gasteiger partial charge in [0.25, 0.3) is 0 Å². The standard InChI is InChI=1S/C14H33NO2Si/c1-6-8-11-15(12-9-7-2)14(3)10-13-18(16-4)17-5/h14,18H,6-13H2,1-5H3. The summed E-state index contributed by atoms with van der Waals surface area (Å²) in [4.78, 5) is 2.64. The number of rotatable bonds is 12. The zero-order valence-corrected chi connectivity index (χ0v) is 14.2. The first-order valence-electron chi connectivity index (χ1n) is 7.49. The van der Waals surface area contributed by atoms with Gasteiger partial charge in [0.2, 0.25) is 0 Å². The molecule has 0 bridgehead atoms. The van der Waals surface area contributed by atoms with Gasteiger partial charge in [0.15, 0.2) is 0 Å². The Morgan fingerprint density at radius 1 is 1.00 bits per heavy atom. The lowest BCUT2D eigenvalue weighted by molar-refractivity contribution is 0.192. The summed E-state index contributed by atoms with van der Waals surface area (Å²) >= 11 is 0. The SMILES string of the molecule is CCCCN(CCCC)C(C)CC[SiH](OC)OC. The van der Waals surface area contributed by atoms with Crippen molar-refractivity contribution in [1.82, 2.24) is 4.90 Å². The monoisotopic (exact) mass is 275 g/mol. The van der Waals surface area contributed by atoms with Gasteiger partial charge in [0, 0.05) is 20.3 Å². The quantitative estimate of drug-likeness (QED) is 0.511. The minimum absolute atomic E-state index is 0.656. The molecule has 4 heteroatoms. The van der Waals surface area contributed by atoms with Gasteiger partial charge in [-0.25, -0.2) is 0 Å². The van der Waals surface area contributed by atoms with Gasteiger partial charge in [-0.2, -0.15) is 0 Å². The molecule has 18 heavy (non-hydrogen) atoms. The van der Waals surface area contributed by atoms with Crippen molar-refractivity contribution < 1.29 is 8.85 Å². The van der Waals surface area contributed by atoms with E-state index in [0.717, 1.165) is 6.04 Å². The third-order valence-electron chi connectivity index (χ3n) is 3.57. The molecule has 0 spiro atoms. The molecule has 0 aromatic carbocycles. The summed E-state index contributed by atoms with van der Waals surface area (Å²) in [5.41, 5.74) is 0. The van der Waals surface area contributed by atoms with Crippen LogP contribution in [-0.2, 0) is 8.85 Å². The highest BCUT2D eigenvalue weighted by Gasteiger charge is 2.16. The molecule has 1 atom stereocenters. The van der Waals surface area contributed by atoms with E-state index in [1.54, 1.807) is 14.2 Å². The van der Waals surface area contributed by atoms with Crippen molar-refractivity contribution in [2.24, 2.45) is 0 Å². The second-order valence-corrected chi connectivity index (χ2v) is 7.45. The molecule has 0 aliphatic heterocycles. The van der Waals surface area contributed by atoms with Gasteiger partial charge < -0.3 is 13.8 Å². The van der Waals surface area contributed by atoms with E-state index in [-0.39, 0.29) is 0 Å². The number of nitrogens with zero attached hydrogens (tertiary/aromatic N) is 1. The first-order valence-corrected chi connectivity index (χ1v) is 9.25. The molecule has 0 heterocycles. The highest BCUT2D eigenvalue weighted by atomic mass is 28.3. The zero-order chi connectivity index (χ0) is 13.8. The van der Waals surface area contributed by atoms with E-state index in [4.69, 9.17) is 8.85 Å². The Bertz CT molecular complexity index is 169. The third kappa shape index (κ3) is 8.24. The lowest BCUT2D eigenvalue weighted by Crippen LogP contribution is -2.36. The van der Waals surface area contributed by atoms with Gasteiger partial charge in [-0.15, -0.1) is 0 Å². The fraction of sp³-hybridized carbons (Fsp3) is 1.00. The minimum Gasteiger partial charge on any atom is -0.400 e. The van der Waals surface area contributed by atoms with Crippen molar-refractivity contribution in [3.8, 4) is 0 Å². The summed E-state index contributed by atoms with van der Waals surface area (Å²) in [6.07, 6.45) is 6.38. The highest BCUT2D eigenvalue weighted by Crippen LogP contribution is 2.12. The highest BCUT2D eigenvalue weighted by molar-refractivity contribution is 6.44. The van der Waals surface area contributed by atoms with Crippen LogP contribution in [-0.4, -0.2) is 47.5 Å². The average molecular weight is 276 g/mol. The zero-order valence-electron chi connectivity index (χ0n) is 13.1. The van der Waals surface area contributed by atoms with Crippen molar-refractivity contribution in [1.29, 1.82) is 0 Å². The van der Waals surface area contributed by atoms with Gasteiger partial charge in [0.1, 0.15) is 0 Å². The Morgan fingerprint density at radius 2 is 1.50 bits per heavy atom. The van der Waals surface area contributed by atoms with Crippen LogP contribution in [0.15, 0.2) is 0 Å². The van der Waals surface area contributed by atoms with Crippen LogP contribution >= 0.6 is 0 Å². The summed E-state index contributed by atoms with van der Waals surface area (Å²) in [7, 11) is 2.18. The Labute approximate surface area is 116 Å². The van der Waals surface area contributed by atoms with E-state index in [1.807, 2.05) is 0 Å². The van der Waals surface area contributed by atoms with Crippen molar-refractivity contribution in [2.75, 3.05) is 27.3 Å². The summed E-state index contributed by atoms with van der Waals surface area (Å²) in [6, 6.07) is 1.77. The van der Waals surface area contributed by atoms with E-state index in [1.165, 1.54) is 45.2 Å². The van der Waals surface area contributed by atoms with Crippen molar-refractivity contribution >= 4 is 9.28 Å². The van der Waals surface area contributed by atoms with Crippen LogP contribution in [0.3, 0.4) is 0 Å². The van der Waals surface area contributed by atoms with E-state index in [2.05, 4.69) is 25.7 Å². The van der Waals surface area contributed by atoms with E-state index < -0.39 is 9.28 Å². The van der Waals surface area contributed by atoms with Crippen LogP contribution in [0, 0.1) is 0 Å². The lowest BCUT2D eigenvalue weighted by Gasteiger charge is -2.29. The van der Waals surface area contributed by atoms with Crippen LogP contribution in [0.25, 0.3) is 0 Å². The molecule has 0 saturated carbocycles. The van der Waals surface area contributed by atoms with Crippen LogP contribution in [0.2, 0.25) is 6.04 Å². The summed E-state index contributed by atoms with van der Waals surface area (Å²) in [6.45, 7) is 9.36. The van der Waals surface area contributed by atoms with Crippen LogP contribution in [0.1, 0.15) is 52.9 Å². The first-order chi connectivity index (χ1) is 8.69. The van der Waals surface area contributed by atoms with Crippen molar-refractivity contribution in [2.45, 2.75) is 65.0 Å². The largest absolute Gasteiger partial charge is 0.400 e. The molecule has 0 amide bonds. The van der Waals surface area contributed by atoms with Crippen molar-refractivity contribution in [3.63, 3.8) is 0 Å². The smallest absolute Gasteiger partial charge is 0.320 e. The normalized spacial score (nSPS) is 13.5. The molecule has 0 fully saturated rings. The predicted molar refractivity (Wildman–Crippen MR) is 81.4 cm³/mol. The second-order valence-electron chi connectivity index (χ2n) is 5.07. The van der Waals surface area contributed by atoms with Crippen molar-refractivity contribution in [3.05, 3.63) is 0 Å². The van der Waals surface area contributed by atoms with Gasteiger partial charge in [-0.3, -0.25) is 0 Å². The molecule has 0 aliphatic rings. The molecule has 0 aromatic rings. The van der Waals surface area contributed by atoms with Crippen LogP contribution < -0.4 is 0 Å². The van der Waals surface area contributed by atoms with E-state index >= 15 is 0 Å². The van der Waals surface area contributed by atoms with Gasteiger partial charge >= 0.3 is 9.28 Å². The third-order valence-corrected chi connectivity index (χ3v) is 5.42. The molecule has 0 saturated heterocycles. The van der Waals surface area contributed by atoms with E-state index in [9.17, 15) is 0 Å². The molecule has 0 rings (SSSR count). The predicted octanol–water partition coefficient (Wildman–Crippen LogP) is 3.18. The maximum absolute atomic E-state index is 5.39. The number of hydrogen-bond acceptors (Lipinski definition) is 3. The maximum Gasteiger partial charge on any atom is 0.320 e. The van der Waals surface area contributed by atoms with Gasteiger partial charge in [-0.1, -0.05) is 26.7 Å². The first kappa shape index (κ1) is 18.1. The summed E-state index contributed by atoms with van der Waals surface area (Å²) in [5, 5.41) is 0. The Morgan fingerprint density at radius 3 is 1.89 bits per heavy atom. The maximum atomic E-state index is 5.39. The Balaban J connectivity index is 4.04. The molecule has 0 N–H and O–H groups in total. The summed E-state index contributed by atoms with van der Waals surface area (Å²) in [5.74, 6) is 0. The number of unbranched alkanes of at least 4 members (excludes halogenated alkanes) is 2. The second kappa shape index (κ2) is 12.1. The fourth-order valence-electron chi connectivity index (χ4n) is 2.17. The molecule has 1 unspecified atom stereocenters. The fourth-order valence-corrected chi connectivity index (χ4v) is 3.59. The molecule has 0 aliphatic carbocycles. The van der Waals surface area contributed by atoms with Crippen LogP contribution in [0.5, 0.6) is 0 Å². The van der Waals surface area contributed by atoms with Gasteiger partial charge in [-0.05, 0) is 45.3 Å². The van der Waals surface area contributed by atoms with Gasteiger partial charge in [0.05, 0.1) is 0 Å². The van der Waals surface area contributed by atoms with E-state index in [0.29, 0.717) is 6.04 Å². The Kier molecular flexibility index (Phi) is 12.2. The molecular formula is C14H33NO2Si. The molecule has 110 valence electrons. The van der Waals surface area contributed by atoms with Crippen LogP contribution in [0.4, 0.5) is 0 Å². The Hall–Kier alpha value is 0.0969. The minimum atomic E-state index is -1.37. The molecule has 3 nitrogen and oxygen atoms in total. The topological polar surface area (TPSA) is 21.7 Å². The molecular weight excluding hydrogens is 242 g/mol. The lowest BCUT2D eigenvalue weighted by atomic mass is 10.1. The summed E-state index contributed by atoms with van der Waals surface area (Å²) < 4.78 is 10.8. The average Bonchev–Trinajstić information content (AvgIpc) is 2.39. The molecule has 0 radical (unpaired) electrons. The number of hydrogen-bond donors (Lipinski definition) is 0. The molecule has 0 aromatic heterocycles.